The van der Waals surface area contributed by atoms with Gasteiger partial charge in [0.05, 0.1) is 11.7 Å². The van der Waals surface area contributed by atoms with Crippen molar-refractivity contribution < 1.29 is 8.78 Å². The van der Waals surface area contributed by atoms with Crippen LogP contribution >= 0.6 is 0 Å². The number of halogens is 2. The van der Waals surface area contributed by atoms with E-state index in [9.17, 15) is 8.78 Å². The van der Waals surface area contributed by atoms with E-state index in [-0.39, 0.29) is 5.92 Å². The van der Waals surface area contributed by atoms with E-state index in [2.05, 4.69) is 34.1 Å². The number of anilines is 1. The van der Waals surface area contributed by atoms with Gasteiger partial charge in [0.1, 0.15) is 17.5 Å². The lowest BCUT2D eigenvalue weighted by atomic mass is 10.1. The maximum atomic E-state index is 14.3. The Hall–Kier alpha value is -3.75. The van der Waals surface area contributed by atoms with E-state index < -0.39 is 11.6 Å². The quantitative estimate of drug-likeness (QED) is 0.403. The van der Waals surface area contributed by atoms with Gasteiger partial charge in [-0.2, -0.15) is 0 Å². The molecule has 0 aliphatic rings. The lowest BCUT2D eigenvalue weighted by Crippen LogP contribution is -2.11. The predicted octanol–water partition coefficient (Wildman–Crippen LogP) is 4.76. The molecule has 0 spiro atoms. The average molecular weight is 435 g/mol. The number of aromatic amines is 1. The SMILES string of the molecule is Cc1nccn1-c1cn2c(C(C)C)cnc2c(NCCc2c[nH]c3cc(F)cc(F)c23)n1. The number of hydrogen-bond donors (Lipinski definition) is 2. The second-order valence-corrected chi connectivity index (χ2v) is 8.12. The summed E-state index contributed by atoms with van der Waals surface area (Å²) in [5.41, 5.74) is 3.02. The summed E-state index contributed by atoms with van der Waals surface area (Å²) in [6, 6.07) is 2.21. The molecule has 0 radical (unpaired) electrons. The number of imidazole rings is 2. The zero-order valence-corrected chi connectivity index (χ0v) is 18.0. The summed E-state index contributed by atoms with van der Waals surface area (Å²) in [4.78, 5) is 16.6. The van der Waals surface area contributed by atoms with Gasteiger partial charge in [0.2, 0.25) is 0 Å². The van der Waals surface area contributed by atoms with Gasteiger partial charge in [0, 0.05) is 48.5 Å². The Bertz CT molecular complexity index is 1430. The molecule has 0 amide bonds. The van der Waals surface area contributed by atoms with Crippen molar-refractivity contribution in [2.45, 2.75) is 33.1 Å². The normalized spacial score (nSPS) is 11.8. The van der Waals surface area contributed by atoms with Crippen LogP contribution in [0, 0.1) is 18.6 Å². The van der Waals surface area contributed by atoms with Crippen LogP contribution in [0.1, 0.15) is 36.8 Å². The van der Waals surface area contributed by atoms with Crippen molar-refractivity contribution in [3.05, 3.63) is 71.8 Å². The molecular weight excluding hydrogens is 412 g/mol. The Morgan fingerprint density at radius 3 is 2.78 bits per heavy atom. The van der Waals surface area contributed by atoms with Crippen LogP contribution in [-0.2, 0) is 6.42 Å². The molecule has 7 nitrogen and oxygen atoms in total. The van der Waals surface area contributed by atoms with Crippen LogP contribution < -0.4 is 5.32 Å². The third-order valence-corrected chi connectivity index (χ3v) is 5.64. The van der Waals surface area contributed by atoms with E-state index in [0.717, 1.165) is 34.6 Å². The Morgan fingerprint density at radius 1 is 1.19 bits per heavy atom. The first kappa shape index (κ1) is 20.2. The van der Waals surface area contributed by atoms with E-state index >= 15 is 0 Å². The summed E-state index contributed by atoms with van der Waals surface area (Å²) in [5, 5.41) is 3.77. The lowest BCUT2D eigenvalue weighted by Gasteiger charge is -2.13. The van der Waals surface area contributed by atoms with E-state index in [4.69, 9.17) is 4.98 Å². The van der Waals surface area contributed by atoms with Crippen molar-refractivity contribution in [1.82, 2.24) is 28.9 Å². The number of nitrogens with zero attached hydrogens (tertiary/aromatic N) is 5. The fourth-order valence-electron chi connectivity index (χ4n) is 4.04. The number of hydrogen-bond acceptors (Lipinski definition) is 4. The first-order valence-electron chi connectivity index (χ1n) is 10.5. The highest BCUT2D eigenvalue weighted by atomic mass is 19.1. The number of nitrogens with one attached hydrogen (secondary N) is 2. The monoisotopic (exact) mass is 435 g/mol. The number of benzene rings is 1. The third-order valence-electron chi connectivity index (χ3n) is 5.64. The largest absolute Gasteiger partial charge is 0.367 e. The molecule has 2 N–H and O–H groups in total. The first-order chi connectivity index (χ1) is 15.4. The molecule has 5 aromatic rings. The van der Waals surface area contributed by atoms with Crippen molar-refractivity contribution in [3.8, 4) is 5.82 Å². The third kappa shape index (κ3) is 3.39. The molecule has 4 heterocycles. The lowest BCUT2D eigenvalue weighted by molar-refractivity contribution is 0.591. The van der Waals surface area contributed by atoms with E-state index in [1.54, 1.807) is 12.4 Å². The van der Waals surface area contributed by atoms with Gasteiger partial charge in [-0.15, -0.1) is 0 Å². The molecule has 0 saturated heterocycles. The van der Waals surface area contributed by atoms with Gasteiger partial charge in [-0.05, 0) is 30.9 Å². The van der Waals surface area contributed by atoms with Crippen LogP contribution in [0.5, 0.6) is 0 Å². The summed E-state index contributed by atoms with van der Waals surface area (Å²) >= 11 is 0. The Labute approximate surface area is 183 Å². The zero-order chi connectivity index (χ0) is 22.4. The molecular formula is C23H23F2N7. The molecule has 0 aliphatic heterocycles. The Morgan fingerprint density at radius 2 is 2.03 bits per heavy atom. The van der Waals surface area contributed by atoms with Crippen molar-refractivity contribution in [2.75, 3.05) is 11.9 Å². The second kappa shape index (κ2) is 7.74. The van der Waals surface area contributed by atoms with Gasteiger partial charge in [0.25, 0.3) is 0 Å². The van der Waals surface area contributed by atoms with Crippen LogP contribution in [0.4, 0.5) is 14.6 Å². The van der Waals surface area contributed by atoms with E-state index in [1.165, 1.54) is 6.07 Å². The summed E-state index contributed by atoms with van der Waals surface area (Å²) in [6.07, 6.45) is 9.67. The fraction of sp³-hybridized carbons (Fsp3) is 0.261. The fourth-order valence-corrected chi connectivity index (χ4v) is 4.04. The topological polar surface area (TPSA) is 75.8 Å². The minimum atomic E-state index is -0.597. The molecule has 0 saturated carbocycles. The summed E-state index contributed by atoms with van der Waals surface area (Å²) in [6.45, 7) is 6.66. The smallest absolute Gasteiger partial charge is 0.180 e. The van der Waals surface area contributed by atoms with Crippen molar-refractivity contribution in [1.29, 1.82) is 0 Å². The second-order valence-electron chi connectivity index (χ2n) is 8.12. The van der Waals surface area contributed by atoms with Crippen molar-refractivity contribution in [2.24, 2.45) is 0 Å². The molecule has 5 rings (SSSR count). The van der Waals surface area contributed by atoms with Gasteiger partial charge in [-0.25, -0.2) is 23.7 Å². The number of fused-ring (bicyclic) bond motifs is 2. The zero-order valence-electron chi connectivity index (χ0n) is 18.0. The van der Waals surface area contributed by atoms with Crippen LogP contribution in [0.15, 0.2) is 43.1 Å². The highest BCUT2D eigenvalue weighted by Crippen LogP contribution is 2.25. The highest BCUT2D eigenvalue weighted by molar-refractivity contribution is 5.84. The predicted molar refractivity (Wildman–Crippen MR) is 119 cm³/mol. The van der Waals surface area contributed by atoms with E-state index in [1.807, 2.05) is 34.5 Å². The van der Waals surface area contributed by atoms with E-state index in [0.29, 0.717) is 29.7 Å². The first-order valence-corrected chi connectivity index (χ1v) is 10.5. The molecule has 0 bridgehead atoms. The Kier molecular flexibility index (Phi) is 4.88. The van der Waals surface area contributed by atoms with Gasteiger partial charge in [-0.1, -0.05) is 13.8 Å². The number of H-pyrrole nitrogens is 1. The van der Waals surface area contributed by atoms with Gasteiger partial charge < -0.3 is 10.3 Å². The maximum Gasteiger partial charge on any atom is 0.180 e. The van der Waals surface area contributed by atoms with Crippen molar-refractivity contribution >= 4 is 22.4 Å². The molecule has 0 unspecified atom stereocenters. The number of aryl methyl sites for hydroxylation is 1. The summed E-state index contributed by atoms with van der Waals surface area (Å²) in [7, 11) is 0. The maximum absolute atomic E-state index is 14.3. The van der Waals surface area contributed by atoms with Gasteiger partial charge >= 0.3 is 0 Å². The average Bonchev–Trinajstić information content (AvgIpc) is 3.45. The summed E-state index contributed by atoms with van der Waals surface area (Å²) < 4.78 is 31.7. The molecule has 32 heavy (non-hydrogen) atoms. The van der Waals surface area contributed by atoms with Crippen LogP contribution in [0.2, 0.25) is 0 Å². The molecule has 164 valence electrons. The number of aromatic nitrogens is 6. The van der Waals surface area contributed by atoms with Gasteiger partial charge in [0.15, 0.2) is 17.3 Å². The molecule has 1 aromatic carbocycles. The standard InChI is InChI=1S/C23H23F2N7/c1-13(2)19-11-29-23-22(30-20(12-32(19)23)31-7-6-26-14(31)3)27-5-4-15-10-28-18-9-16(24)8-17(25)21(15)18/h6-13,28H,4-5H2,1-3H3,(H,27,30). The summed E-state index contributed by atoms with van der Waals surface area (Å²) in [5.74, 6) is 1.31. The highest BCUT2D eigenvalue weighted by Gasteiger charge is 2.16. The molecule has 0 aliphatic carbocycles. The minimum absolute atomic E-state index is 0.284. The Balaban J connectivity index is 1.48. The molecule has 9 heteroatoms. The van der Waals surface area contributed by atoms with Crippen LogP contribution in [0.25, 0.3) is 22.4 Å². The van der Waals surface area contributed by atoms with Crippen LogP contribution in [0.3, 0.4) is 0 Å². The molecule has 0 atom stereocenters. The molecule has 0 fully saturated rings. The number of rotatable bonds is 6. The van der Waals surface area contributed by atoms with Crippen LogP contribution in [-0.4, -0.2) is 35.4 Å². The minimum Gasteiger partial charge on any atom is -0.367 e. The van der Waals surface area contributed by atoms with Gasteiger partial charge in [-0.3, -0.25) is 8.97 Å². The molecule has 4 aromatic heterocycles. The van der Waals surface area contributed by atoms with Crippen molar-refractivity contribution in [3.63, 3.8) is 0 Å².